The molecule has 1 N–H and O–H groups in total. The molecular weight excluding hydrogens is 346 g/mol. The van der Waals surface area contributed by atoms with E-state index in [2.05, 4.69) is 31.9 Å². The van der Waals surface area contributed by atoms with Gasteiger partial charge in [-0.25, -0.2) is 0 Å². The Kier molecular flexibility index (Phi) is 5.33. The summed E-state index contributed by atoms with van der Waals surface area (Å²) < 4.78 is 0. The van der Waals surface area contributed by atoms with E-state index in [1.54, 1.807) is 0 Å². The van der Waals surface area contributed by atoms with Crippen LogP contribution in [0, 0.1) is 11.3 Å². The smallest absolute Gasteiger partial charge is 0.132 e. The lowest BCUT2D eigenvalue weighted by atomic mass is 9.49. The summed E-state index contributed by atoms with van der Waals surface area (Å²) in [7, 11) is 2.25. The first kappa shape index (κ1) is 19.9. The number of fused-ring (bicyclic) bond motifs is 4. The molecule has 154 valence electrons. The first-order valence-electron chi connectivity index (χ1n) is 11.4. The molecule has 2 fully saturated rings. The first-order valence-corrected chi connectivity index (χ1v) is 11.4. The number of Topliss-reactive ketones (excluding diaryl/α,β-unsaturated/α-hetero) is 1. The van der Waals surface area contributed by atoms with Crippen molar-refractivity contribution in [1.29, 1.82) is 0 Å². The molecule has 2 bridgehead atoms. The van der Waals surface area contributed by atoms with E-state index in [0.717, 1.165) is 44.6 Å². The maximum absolute atomic E-state index is 12.7. The van der Waals surface area contributed by atoms with E-state index in [-0.39, 0.29) is 10.8 Å². The molecule has 0 radical (unpaired) electrons. The summed E-state index contributed by atoms with van der Waals surface area (Å²) in [6.45, 7) is 5.87. The van der Waals surface area contributed by atoms with Crippen molar-refractivity contribution in [1.82, 2.24) is 4.90 Å². The number of hydrogen-bond donors (Lipinski definition) is 1. The summed E-state index contributed by atoms with van der Waals surface area (Å²) >= 11 is 0. The van der Waals surface area contributed by atoms with Crippen molar-refractivity contribution in [3.8, 4) is 5.75 Å². The number of benzene rings is 1. The zero-order valence-electron chi connectivity index (χ0n) is 18.0. The van der Waals surface area contributed by atoms with E-state index >= 15 is 0 Å². The zero-order valence-corrected chi connectivity index (χ0v) is 18.0. The number of hydrogen-bond acceptors (Lipinski definition) is 3. The third-order valence-corrected chi connectivity index (χ3v) is 8.82. The summed E-state index contributed by atoms with van der Waals surface area (Å²) in [5.41, 5.74) is 2.77. The molecule has 1 saturated heterocycles. The van der Waals surface area contributed by atoms with E-state index in [1.807, 2.05) is 12.1 Å². The lowest BCUT2D eigenvalue weighted by molar-refractivity contribution is -0.121. The number of ketones is 1. The number of carbonyl (C=O) groups is 1. The maximum atomic E-state index is 12.7. The van der Waals surface area contributed by atoms with Crippen LogP contribution in [0.5, 0.6) is 5.75 Å². The molecule has 2 aliphatic carbocycles. The Balaban J connectivity index is 1.52. The van der Waals surface area contributed by atoms with Gasteiger partial charge in [0.05, 0.1) is 0 Å². The fraction of sp³-hybridized carbons (Fsp3) is 0.720. The van der Waals surface area contributed by atoms with E-state index in [1.165, 1.54) is 36.8 Å². The maximum Gasteiger partial charge on any atom is 0.132 e. The van der Waals surface area contributed by atoms with Gasteiger partial charge in [-0.2, -0.15) is 0 Å². The molecule has 4 rings (SSSR count). The second-order valence-electron chi connectivity index (χ2n) is 10.3. The zero-order chi connectivity index (χ0) is 19.9. The molecule has 0 amide bonds. The highest BCUT2D eigenvalue weighted by Crippen LogP contribution is 2.58. The highest BCUT2D eigenvalue weighted by Gasteiger charge is 2.57. The van der Waals surface area contributed by atoms with Crippen LogP contribution in [0.25, 0.3) is 0 Å². The summed E-state index contributed by atoms with van der Waals surface area (Å²) in [6.07, 6.45) is 11.0. The molecule has 3 aliphatic rings. The van der Waals surface area contributed by atoms with Gasteiger partial charge in [-0.3, -0.25) is 4.79 Å². The van der Waals surface area contributed by atoms with E-state index in [4.69, 9.17) is 0 Å². The van der Waals surface area contributed by atoms with E-state index in [9.17, 15) is 9.90 Å². The number of piperidine rings is 1. The van der Waals surface area contributed by atoms with Gasteiger partial charge in [0.2, 0.25) is 0 Å². The summed E-state index contributed by atoms with van der Waals surface area (Å²) in [6, 6.07) is 6.40. The Morgan fingerprint density at radius 2 is 1.96 bits per heavy atom. The van der Waals surface area contributed by atoms with Crippen molar-refractivity contribution in [2.45, 2.75) is 89.5 Å². The van der Waals surface area contributed by atoms with Crippen LogP contribution in [0.15, 0.2) is 18.2 Å². The largest absolute Gasteiger partial charge is 0.508 e. The number of phenolic OH excluding ortho intramolecular Hbond substituents is 1. The minimum Gasteiger partial charge on any atom is -0.508 e. The van der Waals surface area contributed by atoms with Gasteiger partial charge >= 0.3 is 0 Å². The average Bonchev–Trinajstić information content (AvgIpc) is 3.19. The molecule has 1 unspecified atom stereocenters. The van der Waals surface area contributed by atoms with Crippen LogP contribution in [0.3, 0.4) is 0 Å². The van der Waals surface area contributed by atoms with Gasteiger partial charge in [0.15, 0.2) is 0 Å². The number of rotatable bonds is 6. The number of aromatic hydroxyl groups is 1. The van der Waals surface area contributed by atoms with Crippen molar-refractivity contribution >= 4 is 5.78 Å². The molecule has 0 spiro atoms. The van der Waals surface area contributed by atoms with E-state index < -0.39 is 0 Å². The number of carbonyl (C=O) groups excluding carboxylic acids is 1. The quantitative estimate of drug-likeness (QED) is 0.731. The molecule has 1 aromatic carbocycles. The standard InChI is InChI=1S/C25H37NO2/c1-24-14-15-26(3)23(16-19-9-11-21(28)17-22(19)24)25(24,2)13-12-20(27)10-8-18-6-4-5-7-18/h9,11,17-18,23,28H,4-8,10,12-16H2,1-3H3/t23?,24-,25+/m0/s1. The first-order chi connectivity index (χ1) is 13.3. The fourth-order valence-electron chi connectivity index (χ4n) is 6.61. The van der Waals surface area contributed by atoms with Gasteiger partial charge in [0, 0.05) is 24.3 Å². The van der Waals surface area contributed by atoms with Crippen LogP contribution in [-0.2, 0) is 16.6 Å². The SMILES string of the molecule is CN1CC[C@@]2(C)c3cc(O)ccc3CC1[C@@]2(C)CCC(=O)CCC1CCCC1. The summed E-state index contributed by atoms with van der Waals surface area (Å²) in [5.74, 6) is 1.62. The van der Waals surface area contributed by atoms with Crippen molar-refractivity contribution in [3.05, 3.63) is 29.3 Å². The molecule has 3 nitrogen and oxygen atoms in total. The van der Waals surface area contributed by atoms with Gasteiger partial charge < -0.3 is 10.0 Å². The fourth-order valence-corrected chi connectivity index (χ4v) is 6.61. The topological polar surface area (TPSA) is 40.5 Å². The minimum atomic E-state index is 0.0161. The molecule has 1 saturated carbocycles. The van der Waals surface area contributed by atoms with Gasteiger partial charge in [-0.05, 0) is 73.9 Å². The lowest BCUT2D eigenvalue weighted by Gasteiger charge is -2.62. The Bertz CT molecular complexity index is 738. The van der Waals surface area contributed by atoms with Crippen LogP contribution in [0.1, 0.15) is 82.8 Å². The molecule has 3 atom stereocenters. The van der Waals surface area contributed by atoms with Gasteiger partial charge in [0.1, 0.15) is 11.5 Å². The predicted molar refractivity (Wildman–Crippen MR) is 114 cm³/mol. The average molecular weight is 384 g/mol. The number of likely N-dealkylation sites (N-methyl/N-ethyl adjacent to an activating group) is 1. The highest BCUT2D eigenvalue weighted by atomic mass is 16.3. The number of nitrogens with zero attached hydrogens (tertiary/aromatic N) is 1. The number of phenols is 1. The van der Waals surface area contributed by atoms with E-state index in [0.29, 0.717) is 24.0 Å². The number of likely N-dealkylation sites (tertiary alicyclic amines) is 1. The minimum absolute atomic E-state index is 0.0161. The van der Waals surface area contributed by atoms with Crippen LogP contribution in [0.2, 0.25) is 0 Å². The molecule has 28 heavy (non-hydrogen) atoms. The van der Waals surface area contributed by atoms with Crippen molar-refractivity contribution in [3.63, 3.8) is 0 Å². The molecular formula is C25H37NO2. The van der Waals surface area contributed by atoms with Crippen LogP contribution < -0.4 is 0 Å². The van der Waals surface area contributed by atoms with Crippen LogP contribution in [0.4, 0.5) is 0 Å². The van der Waals surface area contributed by atoms with Gasteiger partial charge in [-0.1, -0.05) is 45.6 Å². The third-order valence-electron chi connectivity index (χ3n) is 8.82. The molecule has 1 aromatic rings. The van der Waals surface area contributed by atoms with Crippen molar-refractivity contribution in [2.24, 2.45) is 11.3 Å². The highest BCUT2D eigenvalue weighted by molar-refractivity contribution is 5.78. The Morgan fingerprint density at radius 3 is 2.71 bits per heavy atom. The monoisotopic (exact) mass is 383 g/mol. The predicted octanol–water partition coefficient (Wildman–Crippen LogP) is 5.24. The van der Waals surface area contributed by atoms with Crippen LogP contribution >= 0.6 is 0 Å². The van der Waals surface area contributed by atoms with Crippen molar-refractivity contribution in [2.75, 3.05) is 13.6 Å². The Labute approximate surface area is 170 Å². The molecule has 1 heterocycles. The Morgan fingerprint density at radius 1 is 1.21 bits per heavy atom. The van der Waals surface area contributed by atoms with Crippen molar-refractivity contribution < 1.29 is 9.90 Å². The normalized spacial score (nSPS) is 33.0. The second-order valence-corrected chi connectivity index (χ2v) is 10.3. The molecule has 3 heteroatoms. The summed E-state index contributed by atoms with van der Waals surface area (Å²) in [5, 5.41) is 10.1. The van der Waals surface area contributed by atoms with Gasteiger partial charge in [0.25, 0.3) is 0 Å². The third kappa shape index (κ3) is 3.30. The molecule has 1 aliphatic heterocycles. The summed E-state index contributed by atoms with van der Waals surface area (Å²) in [4.78, 5) is 15.3. The lowest BCUT2D eigenvalue weighted by Crippen LogP contribution is -2.64. The second kappa shape index (κ2) is 7.48. The van der Waals surface area contributed by atoms with Crippen LogP contribution in [-0.4, -0.2) is 35.4 Å². The Hall–Kier alpha value is -1.35. The van der Waals surface area contributed by atoms with Gasteiger partial charge in [-0.15, -0.1) is 0 Å². The molecule has 0 aromatic heterocycles.